The van der Waals surface area contributed by atoms with E-state index in [9.17, 15) is 28.1 Å². The molecule has 3 aromatic carbocycles. The maximum atomic E-state index is 13.0. The molecule has 4 rings (SSSR count). The predicted molar refractivity (Wildman–Crippen MR) is 132 cm³/mol. The summed E-state index contributed by atoms with van der Waals surface area (Å²) in [7, 11) is 0. The quantitative estimate of drug-likeness (QED) is 0.178. The van der Waals surface area contributed by atoms with Gasteiger partial charge in [-0.05, 0) is 36.4 Å². The van der Waals surface area contributed by atoms with Gasteiger partial charge in [-0.3, -0.25) is 14.9 Å². The van der Waals surface area contributed by atoms with E-state index >= 15 is 0 Å². The highest BCUT2D eigenvalue weighted by molar-refractivity contribution is 6.37. The number of carbonyl (C=O) groups is 1. The fraction of sp³-hybridized carbons (Fsp3) is 0.0833. The summed E-state index contributed by atoms with van der Waals surface area (Å²) in [5.74, 6) is -0.841. The molecular weight excluding hydrogens is 552 g/mol. The first-order valence-corrected chi connectivity index (χ1v) is 11.3. The molecule has 0 unspecified atom stereocenters. The van der Waals surface area contributed by atoms with E-state index < -0.39 is 28.3 Å². The number of nitro benzene ring substituents is 1. The minimum atomic E-state index is -4.60. The molecule has 0 atom stereocenters. The first-order valence-electron chi connectivity index (χ1n) is 10.6. The van der Waals surface area contributed by atoms with Crippen LogP contribution in [0.15, 0.2) is 72.9 Å². The average Bonchev–Trinajstić information content (AvgIpc) is 3.32. The number of nitrogens with one attached hydrogen (secondary N) is 1. The fourth-order valence-corrected chi connectivity index (χ4v) is 3.70. The number of hydrogen-bond donors (Lipinski definition) is 1. The number of hydrogen-bond acceptors (Lipinski definition) is 6. The molecule has 0 saturated heterocycles. The molecule has 1 aromatic heterocycles. The Kier molecular flexibility index (Phi) is 7.74. The van der Waals surface area contributed by atoms with Crippen LogP contribution in [0.25, 0.3) is 0 Å². The van der Waals surface area contributed by atoms with Crippen LogP contribution >= 0.6 is 23.2 Å². The van der Waals surface area contributed by atoms with E-state index in [1.807, 2.05) is 0 Å². The third-order valence-electron chi connectivity index (χ3n) is 4.89. The summed E-state index contributed by atoms with van der Waals surface area (Å²) in [6, 6.07) is 13.5. The molecule has 38 heavy (non-hydrogen) atoms. The number of benzene rings is 3. The normalized spacial score (nSPS) is 11.2. The van der Waals surface area contributed by atoms with Crippen molar-refractivity contribution in [2.75, 3.05) is 5.32 Å². The zero-order chi connectivity index (χ0) is 27.4. The number of non-ortho nitro benzene ring substituents is 1. The second kappa shape index (κ2) is 11.0. The minimum Gasteiger partial charge on any atom is -0.468 e. The standard InChI is InChI=1S/C24H15Cl2F3N4O5/c25-19-5-2-6-20(26)22(19)37-13-32-8-7-21(31-32)23(34)30-15-10-16(33(35)36)12-18(11-15)38-17-4-1-3-14(9-17)24(27,28)29/h1-12H,13H2,(H,30,34). The molecule has 0 aliphatic carbocycles. The Morgan fingerprint density at radius 3 is 2.42 bits per heavy atom. The highest BCUT2D eigenvalue weighted by Crippen LogP contribution is 2.35. The lowest BCUT2D eigenvalue weighted by atomic mass is 10.2. The summed E-state index contributed by atoms with van der Waals surface area (Å²) in [5.41, 5.74) is -1.50. The van der Waals surface area contributed by atoms with Crippen LogP contribution in [0.4, 0.5) is 24.5 Å². The molecule has 1 amide bonds. The van der Waals surface area contributed by atoms with Crippen molar-refractivity contribution < 1.29 is 32.4 Å². The van der Waals surface area contributed by atoms with E-state index in [1.54, 1.807) is 18.2 Å². The van der Waals surface area contributed by atoms with E-state index in [0.29, 0.717) is 0 Å². The van der Waals surface area contributed by atoms with Crippen molar-refractivity contribution in [2.45, 2.75) is 12.9 Å². The third-order valence-corrected chi connectivity index (χ3v) is 5.49. The van der Waals surface area contributed by atoms with Crippen molar-refractivity contribution in [2.24, 2.45) is 0 Å². The number of carbonyl (C=O) groups excluding carboxylic acids is 1. The first-order chi connectivity index (χ1) is 18.0. The van der Waals surface area contributed by atoms with Crippen LogP contribution in [0, 0.1) is 10.1 Å². The van der Waals surface area contributed by atoms with Crippen molar-refractivity contribution in [1.29, 1.82) is 0 Å². The van der Waals surface area contributed by atoms with Gasteiger partial charge in [0.05, 0.1) is 32.3 Å². The maximum Gasteiger partial charge on any atom is 0.416 e. The number of aromatic nitrogens is 2. The monoisotopic (exact) mass is 566 g/mol. The molecule has 0 aliphatic rings. The van der Waals surface area contributed by atoms with Crippen molar-refractivity contribution in [1.82, 2.24) is 9.78 Å². The average molecular weight is 567 g/mol. The minimum absolute atomic E-state index is 0.0418. The molecule has 9 nitrogen and oxygen atoms in total. The number of nitro groups is 1. The van der Waals surface area contributed by atoms with Crippen LogP contribution in [0.3, 0.4) is 0 Å². The van der Waals surface area contributed by atoms with E-state index in [4.69, 9.17) is 32.7 Å². The van der Waals surface area contributed by atoms with E-state index in [-0.39, 0.29) is 45.4 Å². The molecule has 4 aromatic rings. The Bertz CT molecular complexity index is 1490. The number of para-hydroxylation sites is 1. The summed E-state index contributed by atoms with van der Waals surface area (Å²) in [4.78, 5) is 23.4. The lowest BCUT2D eigenvalue weighted by molar-refractivity contribution is -0.384. The van der Waals surface area contributed by atoms with Gasteiger partial charge in [-0.15, -0.1) is 0 Å². The highest BCUT2D eigenvalue weighted by atomic mass is 35.5. The molecule has 0 fully saturated rings. The number of alkyl halides is 3. The van der Waals surface area contributed by atoms with Gasteiger partial charge in [0.15, 0.2) is 18.2 Å². The number of anilines is 1. The second-order valence-corrected chi connectivity index (χ2v) is 8.43. The summed E-state index contributed by atoms with van der Waals surface area (Å²) in [6.07, 6.45) is -3.15. The SMILES string of the molecule is O=C(Nc1cc(Oc2cccc(C(F)(F)F)c2)cc([N+](=O)[O-])c1)c1ccn(COc2c(Cl)cccc2Cl)n1. The lowest BCUT2D eigenvalue weighted by Crippen LogP contribution is -2.14. The molecule has 196 valence electrons. The molecule has 0 spiro atoms. The van der Waals surface area contributed by atoms with Crippen LogP contribution in [-0.4, -0.2) is 20.6 Å². The van der Waals surface area contributed by atoms with Gasteiger partial charge >= 0.3 is 6.18 Å². The van der Waals surface area contributed by atoms with Crippen LogP contribution in [0.1, 0.15) is 16.1 Å². The summed E-state index contributed by atoms with van der Waals surface area (Å²) in [6.45, 7) is -0.123. The van der Waals surface area contributed by atoms with Gasteiger partial charge in [-0.25, -0.2) is 4.68 Å². The molecule has 0 aliphatic heterocycles. The van der Waals surface area contributed by atoms with Crippen LogP contribution in [-0.2, 0) is 12.9 Å². The van der Waals surface area contributed by atoms with Crippen LogP contribution in [0.2, 0.25) is 10.0 Å². The van der Waals surface area contributed by atoms with Crippen molar-refractivity contribution >= 4 is 40.5 Å². The van der Waals surface area contributed by atoms with E-state index in [2.05, 4.69) is 10.4 Å². The van der Waals surface area contributed by atoms with E-state index in [0.717, 1.165) is 30.3 Å². The molecule has 0 bridgehead atoms. The topological polar surface area (TPSA) is 109 Å². The van der Waals surface area contributed by atoms with Gasteiger partial charge in [0.25, 0.3) is 11.6 Å². The number of nitrogens with zero attached hydrogens (tertiary/aromatic N) is 3. The number of amides is 1. The van der Waals surface area contributed by atoms with Crippen LogP contribution < -0.4 is 14.8 Å². The summed E-state index contributed by atoms with van der Waals surface area (Å²) >= 11 is 12.1. The van der Waals surface area contributed by atoms with Crippen molar-refractivity contribution in [3.63, 3.8) is 0 Å². The molecule has 0 saturated carbocycles. The fourth-order valence-electron chi connectivity index (χ4n) is 3.19. The molecule has 0 radical (unpaired) electrons. The zero-order valence-electron chi connectivity index (χ0n) is 18.9. The second-order valence-electron chi connectivity index (χ2n) is 7.62. The molecule has 1 N–H and O–H groups in total. The van der Waals surface area contributed by atoms with Gasteiger partial charge in [-0.2, -0.15) is 18.3 Å². The Morgan fingerprint density at radius 2 is 1.74 bits per heavy atom. The van der Waals surface area contributed by atoms with Crippen LogP contribution in [0.5, 0.6) is 17.2 Å². The smallest absolute Gasteiger partial charge is 0.416 e. The summed E-state index contributed by atoms with van der Waals surface area (Å²) < 4.78 is 51.3. The largest absolute Gasteiger partial charge is 0.468 e. The maximum absolute atomic E-state index is 13.0. The number of rotatable bonds is 8. The molecule has 1 heterocycles. The van der Waals surface area contributed by atoms with Gasteiger partial charge in [-0.1, -0.05) is 35.3 Å². The Labute approximate surface area is 222 Å². The van der Waals surface area contributed by atoms with Crippen molar-refractivity contribution in [3.05, 3.63) is 104 Å². The Hall–Kier alpha value is -4.29. The van der Waals surface area contributed by atoms with E-state index in [1.165, 1.54) is 29.1 Å². The molecule has 14 heteroatoms. The van der Waals surface area contributed by atoms with Gasteiger partial charge in [0, 0.05) is 18.3 Å². The number of ether oxygens (including phenoxy) is 2. The van der Waals surface area contributed by atoms with Crippen molar-refractivity contribution in [3.8, 4) is 17.2 Å². The zero-order valence-corrected chi connectivity index (χ0v) is 20.4. The van der Waals surface area contributed by atoms with Gasteiger partial charge in [0.2, 0.25) is 0 Å². The Morgan fingerprint density at radius 1 is 1.03 bits per heavy atom. The first kappa shape index (κ1) is 26.8. The Balaban J connectivity index is 1.49. The lowest BCUT2D eigenvalue weighted by Gasteiger charge is -2.11. The predicted octanol–water partition coefficient (Wildman–Crippen LogP) is 7.20. The highest BCUT2D eigenvalue weighted by Gasteiger charge is 2.30. The number of halogens is 5. The van der Waals surface area contributed by atoms with Gasteiger partial charge < -0.3 is 14.8 Å². The molecular formula is C24H15Cl2F3N4O5. The third kappa shape index (κ3) is 6.52. The summed E-state index contributed by atoms with van der Waals surface area (Å²) in [5, 5.41) is 18.5. The van der Waals surface area contributed by atoms with Gasteiger partial charge in [0.1, 0.15) is 11.5 Å².